The molecule has 2 aromatic rings. The van der Waals surface area contributed by atoms with Crippen LogP contribution in [0.3, 0.4) is 0 Å². The highest BCUT2D eigenvalue weighted by Gasteiger charge is 2.26. The maximum atomic E-state index is 12.0. The first kappa shape index (κ1) is 21.1. The lowest BCUT2D eigenvalue weighted by molar-refractivity contribution is -0.123. The number of hydrogen-bond donors (Lipinski definition) is 2. The largest absolute Gasteiger partial charge is 0.444 e. The van der Waals surface area contributed by atoms with Gasteiger partial charge in [0.2, 0.25) is 5.91 Å². The molecule has 0 spiro atoms. The molecule has 0 aliphatic heterocycles. The van der Waals surface area contributed by atoms with Crippen LogP contribution in [0.15, 0.2) is 48.5 Å². The van der Waals surface area contributed by atoms with Gasteiger partial charge in [-0.25, -0.2) is 4.79 Å². The first-order valence-electron chi connectivity index (χ1n) is 9.75. The van der Waals surface area contributed by atoms with Gasteiger partial charge < -0.3 is 10.1 Å². The van der Waals surface area contributed by atoms with Crippen molar-refractivity contribution in [2.75, 3.05) is 18.9 Å². The fraction of sp³-hybridized carbons (Fsp3) is 0.364. The second kappa shape index (κ2) is 10.3. The van der Waals surface area contributed by atoms with Crippen molar-refractivity contribution in [3.05, 3.63) is 64.7 Å². The number of rotatable bonds is 8. The van der Waals surface area contributed by atoms with Crippen LogP contribution in [0, 0.1) is 0 Å². The molecule has 2 aromatic carbocycles. The minimum Gasteiger partial charge on any atom is -0.444 e. The number of ether oxygens (including phenoxy) is 1. The van der Waals surface area contributed by atoms with Gasteiger partial charge in [0.15, 0.2) is 0 Å². The summed E-state index contributed by atoms with van der Waals surface area (Å²) in [6.07, 6.45) is 2.98. The molecule has 2 amide bonds. The van der Waals surface area contributed by atoms with Crippen LogP contribution in [-0.4, -0.2) is 36.5 Å². The molecular formula is C22H26ClN3O3. The average molecular weight is 416 g/mol. The van der Waals surface area contributed by atoms with Gasteiger partial charge in [0, 0.05) is 30.3 Å². The van der Waals surface area contributed by atoms with Crippen LogP contribution < -0.4 is 10.6 Å². The Balaban J connectivity index is 1.50. The van der Waals surface area contributed by atoms with Crippen LogP contribution in [0.2, 0.25) is 5.02 Å². The number of carbonyl (C=O) groups is 2. The first-order chi connectivity index (χ1) is 14.0. The van der Waals surface area contributed by atoms with Gasteiger partial charge in [0.05, 0.1) is 6.54 Å². The minimum atomic E-state index is -0.511. The Kier molecular flexibility index (Phi) is 7.49. The molecule has 0 atom stereocenters. The molecule has 1 saturated carbocycles. The highest BCUT2D eigenvalue weighted by molar-refractivity contribution is 6.30. The highest BCUT2D eigenvalue weighted by Crippen LogP contribution is 2.26. The normalized spacial score (nSPS) is 13.6. The number of benzene rings is 2. The molecule has 29 heavy (non-hydrogen) atoms. The summed E-state index contributed by atoms with van der Waals surface area (Å²) < 4.78 is 5.23. The summed E-state index contributed by atoms with van der Waals surface area (Å²) in [5.41, 5.74) is 2.63. The third-order valence-corrected chi connectivity index (χ3v) is 5.34. The number of nitrogens with one attached hydrogen (secondary N) is 2. The Hall–Kier alpha value is -2.57. The van der Waals surface area contributed by atoms with Crippen LogP contribution in [0.1, 0.15) is 30.4 Å². The zero-order valence-corrected chi connectivity index (χ0v) is 17.2. The number of likely N-dealkylation sites (N-methyl/N-ethyl adjacent to an activating group) is 1. The van der Waals surface area contributed by atoms with Crippen molar-refractivity contribution in [3.63, 3.8) is 0 Å². The van der Waals surface area contributed by atoms with E-state index in [9.17, 15) is 9.59 Å². The third kappa shape index (κ3) is 6.48. The summed E-state index contributed by atoms with van der Waals surface area (Å²) in [5.74, 6) is 0.0265. The summed E-state index contributed by atoms with van der Waals surface area (Å²) >= 11 is 5.84. The van der Waals surface area contributed by atoms with Gasteiger partial charge in [-0.15, -0.1) is 0 Å². The standard InChI is InChI=1S/C22H26ClN3O3/c1-24-21(27)14-26(20-3-2-4-20)13-16-7-11-19(12-8-16)25-22(28)29-15-17-5-9-18(23)10-6-17/h5-12,20H,2-4,13-15H2,1H3,(H,24,27)(H,25,28). The van der Waals surface area contributed by atoms with Crippen LogP contribution in [0.25, 0.3) is 0 Å². The van der Waals surface area contributed by atoms with E-state index >= 15 is 0 Å². The number of amides is 2. The molecule has 0 radical (unpaired) electrons. The van der Waals surface area contributed by atoms with E-state index in [1.807, 2.05) is 36.4 Å². The molecule has 1 aliphatic rings. The van der Waals surface area contributed by atoms with Crippen molar-refractivity contribution in [2.45, 2.75) is 38.5 Å². The van der Waals surface area contributed by atoms with Crippen molar-refractivity contribution < 1.29 is 14.3 Å². The number of anilines is 1. The van der Waals surface area contributed by atoms with Gasteiger partial charge in [0.1, 0.15) is 6.61 Å². The Bertz CT molecular complexity index is 820. The molecule has 0 saturated heterocycles. The van der Waals surface area contributed by atoms with Gasteiger partial charge in [-0.1, -0.05) is 42.3 Å². The zero-order valence-electron chi connectivity index (χ0n) is 16.5. The zero-order chi connectivity index (χ0) is 20.6. The van der Waals surface area contributed by atoms with Crippen molar-refractivity contribution in [3.8, 4) is 0 Å². The van der Waals surface area contributed by atoms with Crippen molar-refractivity contribution in [2.24, 2.45) is 0 Å². The molecule has 0 aromatic heterocycles. The Labute approximate surface area is 176 Å². The summed E-state index contributed by atoms with van der Waals surface area (Å²) in [7, 11) is 1.66. The molecule has 6 nitrogen and oxygen atoms in total. The molecule has 2 N–H and O–H groups in total. The second-order valence-electron chi connectivity index (χ2n) is 7.19. The second-order valence-corrected chi connectivity index (χ2v) is 7.62. The Morgan fingerprint density at radius 1 is 1.07 bits per heavy atom. The lowest BCUT2D eigenvalue weighted by Gasteiger charge is -2.37. The number of carbonyl (C=O) groups excluding carboxylic acids is 2. The van der Waals surface area contributed by atoms with Crippen molar-refractivity contribution in [1.82, 2.24) is 10.2 Å². The SMILES string of the molecule is CNC(=O)CN(Cc1ccc(NC(=O)OCc2ccc(Cl)cc2)cc1)C1CCC1. The highest BCUT2D eigenvalue weighted by atomic mass is 35.5. The molecule has 0 heterocycles. The average Bonchev–Trinajstić information content (AvgIpc) is 2.67. The quantitative estimate of drug-likeness (QED) is 0.678. The van der Waals surface area contributed by atoms with Gasteiger partial charge in [-0.2, -0.15) is 0 Å². The Morgan fingerprint density at radius 2 is 1.72 bits per heavy atom. The molecule has 1 aliphatic carbocycles. The van der Waals surface area contributed by atoms with E-state index in [4.69, 9.17) is 16.3 Å². The van der Waals surface area contributed by atoms with Gasteiger partial charge >= 0.3 is 6.09 Å². The summed E-state index contributed by atoms with van der Waals surface area (Å²) in [6.45, 7) is 1.29. The van der Waals surface area contributed by atoms with E-state index in [1.54, 1.807) is 19.2 Å². The molecule has 0 unspecified atom stereocenters. The predicted octanol–water partition coefficient (Wildman–Crippen LogP) is 4.19. The van der Waals surface area contributed by atoms with Crippen LogP contribution in [0.4, 0.5) is 10.5 Å². The first-order valence-corrected chi connectivity index (χ1v) is 10.1. The predicted molar refractivity (Wildman–Crippen MR) is 114 cm³/mol. The van der Waals surface area contributed by atoms with Crippen LogP contribution in [-0.2, 0) is 22.7 Å². The molecular weight excluding hydrogens is 390 g/mol. The van der Waals surface area contributed by atoms with E-state index in [0.717, 1.165) is 24.0 Å². The van der Waals surface area contributed by atoms with Crippen LogP contribution in [0.5, 0.6) is 0 Å². The molecule has 7 heteroatoms. The van der Waals surface area contributed by atoms with Crippen molar-refractivity contribution >= 4 is 29.3 Å². The fourth-order valence-corrected chi connectivity index (χ4v) is 3.27. The molecule has 0 bridgehead atoms. The van der Waals surface area contributed by atoms with E-state index in [0.29, 0.717) is 29.8 Å². The number of nitrogens with zero attached hydrogens (tertiary/aromatic N) is 1. The van der Waals surface area contributed by atoms with Gasteiger partial charge in [0.25, 0.3) is 0 Å². The van der Waals surface area contributed by atoms with E-state index in [1.165, 1.54) is 6.42 Å². The van der Waals surface area contributed by atoms with E-state index < -0.39 is 6.09 Å². The summed E-state index contributed by atoms with van der Waals surface area (Å²) in [5, 5.41) is 6.06. The lowest BCUT2D eigenvalue weighted by atomic mass is 9.91. The maximum Gasteiger partial charge on any atom is 0.411 e. The van der Waals surface area contributed by atoms with Crippen molar-refractivity contribution in [1.29, 1.82) is 0 Å². The summed E-state index contributed by atoms with van der Waals surface area (Å²) in [4.78, 5) is 26.0. The van der Waals surface area contributed by atoms with E-state index in [-0.39, 0.29) is 12.5 Å². The smallest absolute Gasteiger partial charge is 0.411 e. The lowest BCUT2D eigenvalue weighted by Crippen LogP contribution is -2.44. The minimum absolute atomic E-state index is 0.0265. The number of hydrogen-bond acceptors (Lipinski definition) is 4. The molecule has 1 fully saturated rings. The molecule has 154 valence electrons. The van der Waals surface area contributed by atoms with Crippen LogP contribution >= 0.6 is 11.6 Å². The van der Waals surface area contributed by atoms with Gasteiger partial charge in [-0.05, 0) is 48.2 Å². The maximum absolute atomic E-state index is 12.0. The molecule has 3 rings (SSSR count). The number of halogens is 1. The third-order valence-electron chi connectivity index (χ3n) is 5.09. The Morgan fingerprint density at radius 3 is 2.31 bits per heavy atom. The summed E-state index contributed by atoms with van der Waals surface area (Å²) in [6, 6.07) is 15.2. The topological polar surface area (TPSA) is 70.7 Å². The van der Waals surface area contributed by atoms with Gasteiger partial charge in [-0.3, -0.25) is 15.0 Å². The van der Waals surface area contributed by atoms with E-state index in [2.05, 4.69) is 15.5 Å². The monoisotopic (exact) mass is 415 g/mol. The fourth-order valence-electron chi connectivity index (χ4n) is 3.14.